The lowest BCUT2D eigenvalue weighted by atomic mass is 9.95. The van der Waals surface area contributed by atoms with Crippen molar-refractivity contribution in [3.8, 4) is 5.75 Å². The molecular formula is C25H20FN3O2. The maximum Gasteiger partial charge on any atom is 0.257 e. The number of nitrogens with one attached hydrogen (secondary N) is 1. The molecule has 1 unspecified atom stereocenters. The first-order valence-corrected chi connectivity index (χ1v) is 10.3. The molecule has 1 amide bonds. The monoisotopic (exact) mass is 413 g/mol. The van der Waals surface area contributed by atoms with E-state index in [2.05, 4.69) is 9.88 Å². The summed E-state index contributed by atoms with van der Waals surface area (Å²) in [7, 11) is 1.66. The highest BCUT2D eigenvalue weighted by Gasteiger charge is 2.43. The van der Waals surface area contributed by atoms with E-state index in [0.29, 0.717) is 17.8 Å². The van der Waals surface area contributed by atoms with Crippen molar-refractivity contribution in [2.24, 2.45) is 0 Å². The van der Waals surface area contributed by atoms with Gasteiger partial charge in [0.2, 0.25) is 0 Å². The molecule has 3 aromatic carbocycles. The number of fused-ring (bicyclic) bond motifs is 6. The van der Waals surface area contributed by atoms with Crippen LogP contribution >= 0.6 is 0 Å². The second kappa shape index (κ2) is 6.60. The van der Waals surface area contributed by atoms with Crippen molar-refractivity contribution < 1.29 is 13.9 Å². The zero-order valence-electron chi connectivity index (χ0n) is 16.9. The van der Waals surface area contributed by atoms with Crippen LogP contribution in [0.25, 0.3) is 10.9 Å². The number of halogens is 1. The molecule has 0 aliphatic carbocycles. The Morgan fingerprint density at radius 1 is 1.06 bits per heavy atom. The Labute approximate surface area is 178 Å². The van der Waals surface area contributed by atoms with Crippen LogP contribution in [0.3, 0.4) is 0 Å². The van der Waals surface area contributed by atoms with E-state index >= 15 is 0 Å². The molecule has 5 nitrogen and oxygen atoms in total. The number of nitrogens with zero attached hydrogens (tertiary/aromatic N) is 2. The SMILES string of the molecule is COc1ccc2[nH]c3c(c2c1)CCN1C(=O)c2ccccc2N(c2cccc(F)c2)C31. The number of rotatable bonds is 2. The molecular weight excluding hydrogens is 393 g/mol. The lowest BCUT2D eigenvalue weighted by molar-refractivity contribution is 0.0642. The fraction of sp³-hybridized carbons (Fsp3) is 0.160. The minimum absolute atomic E-state index is 0.00450. The summed E-state index contributed by atoms with van der Waals surface area (Å²) in [5.74, 6) is 0.481. The topological polar surface area (TPSA) is 48.6 Å². The van der Waals surface area contributed by atoms with E-state index in [4.69, 9.17) is 4.74 Å². The first-order chi connectivity index (χ1) is 15.2. The van der Waals surface area contributed by atoms with Gasteiger partial charge >= 0.3 is 0 Å². The number of methoxy groups -OCH3 is 1. The Kier molecular flexibility index (Phi) is 3.84. The predicted octanol–water partition coefficient (Wildman–Crippen LogP) is 5.16. The minimum atomic E-state index is -0.383. The fourth-order valence-corrected chi connectivity index (χ4v) is 4.91. The van der Waals surface area contributed by atoms with E-state index in [0.717, 1.165) is 34.5 Å². The van der Waals surface area contributed by atoms with Gasteiger partial charge in [0.05, 0.1) is 24.1 Å². The summed E-state index contributed by atoms with van der Waals surface area (Å²) in [6.45, 7) is 0.584. The van der Waals surface area contributed by atoms with Crippen molar-refractivity contribution in [2.45, 2.75) is 12.6 Å². The molecule has 1 N–H and O–H groups in total. The Bertz CT molecular complexity index is 1350. The molecule has 0 radical (unpaired) electrons. The van der Waals surface area contributed by atoms with Gasteiger partial charge in [-0.1, -0.05) is 18.2 Å². The summed E-state index contributed by atoms with van der Waals surface area (Å²) < 4.78 is 19.6. The lowest BCUT2D eigenvalue weighted by Gasteiger charge is -2.47. The maximum absolute atomic E-state index is 14.2. The van der Waals surface area contributed by atoms with Crippen LogP contribution < -0.4 is 9.64 Å². The Balaban J connectivity index is 1.62. The zero-order valence-corrected chi connectivity index (χ0v) is 16.9. The largest absolute Gasteiger partial charge is 0.497 e. The summed E-state index contributed by atoms with van der Waals surface area (Å²) >= 11 is 0. The number of H-pyrrole nitrogens is 1. The van der Waals surface area contributed by atoms with Crippen molar-refractivity contribution in [1.82, 2.24) is 9.88 Å². The van der Waals surface area contributed by atoms with Crippen LogP contribution in [0.5, 0.6) is 5.75 Å². The summed E-state index contributed by atoms with van der Waals surface area (Å²) in [6.07, 6.45) is 0.357. The third kappa shape index (κ3) is 2.57. The molecule has 3 heterocycles. The van der Waals surface area contributed by atoms with Crippen molar-refractivity contribution in [2.75, 3.05) is 18.6 Å². The van der Waals surface area contributed by atoms with Gasteiger partial charge in [-0.15, -0.1) is 0 Å². The number of aromatic nitrogens is 1. The third-order valence-electron chi connectivity index (χ3n) is 6.29. The average molecular weight is 413 g/mol. The molecule has 0 saturated heterocycles. The van der Waals surface area contributed by atoms with Gasteiger partial charge in [0.1, 0.15) is 11.6 Å². The van der Waals surface area contributed by atoms with Gasteiger partial charge in [0.15, 0.2) is 6.17 Å². The number of carbonyl (C=O) groups excluding carboxylic acids is 1. The van der Waals surface area contributed by atoms with E-state index in [1.54, 1.807) is 13.2 Å². The first kappa shape index (κ1) is 18.0. The molecule has 0 saturated carbocycles. The van der Waals surface area contributed by atoms with Gasteiger partial charge in [-0.2, -0.15) is 0 Å². The highest BCUT2D eigenvalue weighted by atomic mass is 19.1. The van der Waals surface area contributed by atoms with E-state index in [9.17, 15) is 9.18 Å². The van der Waals surface area contributed by atoms with Gasteiger partial charge in [-0.3, -0.25) is 4.79 Å². The maximum atomic E-state index is 14.2. The zero-order chi connectivity index (χ0) is 21.1. The van der Waals surface area contributed by atoms with Crippen LogP contribution in [0.4, 0.5) is 15.8 Å². The van der Waals surface area contributed by atoms with E-state index in [1.165, 1.54) is 17.7 Å². The van der Waals surface area contributed by atoms with Gasteiger partial charge in [-0.05, 0) is 60.5 Å². The van der Waals surface area contributed by atoms with Crippen molar-refractivity contribution in [3.05, 3.63) is 89.4 Å². The number of anilines is 2. The second-order valence-electron chi connectivity index (χ2n) is 7.92. The predicted molar refractivity (Wildman–Crippen MR) is 117 cm³/mol. The van der Waals surface area contributed by atoms with Gasteiger partial charge in [0, 0.05) is 23.1 Å². The normalized spacial score (nSPS) is 17.4. The fourth-order valence-electron chi connectivity index (χ4n) is 4.91. The molecule has 0 spiro atoms. The van der Waals surface area contributed by atoms with Crippen LogP contribution in [-0.4, -0.2) is 29.4 Å². The van der Waals surface area contributed by atoms with E-state index in [-0.39, 0.29) is 17.9 Å². The van der Waals surface area contributed by atoms with Gasteiger partial charge in [-0.25, -0.2) is 4.39 Å². The quantitative estimate of drug-likeness (QED) is 0.494. The number of ether oxygens (including phenoxy) is 1. The molecule has 1 aromatic heterocycles. The molecule has 2 aliphatic heterocycles. The Hall–Kier alpha value is -3.80. The highest BCUT2D eigenvalue weighted by Crippen LogP contribution is 2.47. The number of hydrogen-bond donors (Lipinski definition) is 1. The minimum Gasteiger partial charge on any atom is -0.497 e. The number of hydrogen-bond acceptors (Lipinski definition) is 3. The van der Waals surface area contributed by atoms with Gasteiger partial charge < -0.3 is 19.5 Å². The van der Waals surface area contributed by atoms with Crippen LogP contribution in [0.2, 0.25) is 0 Å². The number of carbonyl (C=O) groups is 1. The Morgan fingerprint density at radius 2 is 1.94 bits per heavy atom. The summed E-state index contributed by atoms with van der Waals surface area (Å²) in [5.41, 5.74) is 5.25. The smallest absolute Gasteiger partial charge is 0.257 e. The van der Waals surface area contributed by atoms with Crippen molar-refractivity contribution >= 4 is 28.2 Å². The second-order valence-corrected chi connectivity index (χ2v) is 7.92. The van der Waals surface area contributed by atoms with Crippen LogP contribution in [-0.2, 0) is 6.42 Å². The summed E-state index contributed by atoms with van der Waals surface area (Å²) in [4.78, 5) is 20.9. The highest BCUT2D eigenvalue weighted by molar-refractivity contribution is 6.04. The lowest BCUT2D eigenvalue weighted by Crippen LogP contribution is -2.50. The Morgan fingerprint density at radius 3 is 2.77 bits per heavy atom. The van der Waals surface area contributed by atoms with E-state index < -0.39 is 0 Å². The summed E-state index contributed by atoms with van der Waals surface area (Å²) in [6, 6.07) is 20.0. The van der Waals surface area contributed by atoms with Gasteiger partial charge in [0.25, 0.3) is 5.91 Å². The molecule has 6 rings (SSSR count). The molecule has 4 aromatic rings. The first-order valence-electron chi connectivity index (χ1n) is 10.3. The average Bonchev–Trinajstić information content (AvgIpc) is 3.17. The molecule has 31 heavy (non-hydrogen) atoms. The number of amides is 1. The number of benzene rings is 3. The van der Waals surface area contributed by atoms with E-state index in [1.807, 2.05) is 53.4 Å². The van der Waals surface area contributed by atoms with Crippen LogP contribution in [0.1, 0.15) is 27.8 Å². The molecule has 2 aliphatic rings. The molecule has 0 fully saturated rings. The number of para-hydroxylation sites is 1. The van der Waals surface area contributed by atoms with Crippen molar-refractivity contribution in [3.63, 3.8) is 0 Å². The van der Waals surface area contributed by atoms with Crippen molar-refractivity contribution in [1.29, 1.82) is 0 Å². The molecule has 6 heteroatoms. The molecule has 0 bridgehead atoms. The third-order valence-corrected chi connectivity index (χ3v) is 6.29. The molecule has 154 valence electrons. The van der Waals surface area contributed by atoms with Crippen LogP contribution in [0.15, 0.2) is 66.7 Å². The number of aromatic amines is 1. The standard InChI is InChI=1S/C25H20FN3O2/c1-31-17-9-10-21-20(14-17)18-11-12-28-24(23(18)27-21)29(16-6-4-5-15(26)13-16)22-8-3-2-7-19(22)25(28)30/h2-10,13-14,24,27H,11-12H2,1H3. The molecule has 1 atom stereocenters. The van der Waals surface area contributed by atoms with Crippen LogP contribution in [0, 0.1) is 5.82 Å². The summed E-state index contributed by atoms with van der Waals surface area (Å²) in [5, 5.41) is 1.10.